The molecule has 2 aromatic carbocycles. The molecule has 0 saturated heterocycles. The Kier molecular flexibility index (Phi) is 3.38. The highest BCUT2D eigenvalue weighted by molar-refractivity contribution is 6.42. The molecule has 90 valence electrons. The van der Waals surface area contributed by atoms with Crippen molar-refractivity contribution in [2.24, 2.45) is 5.73 Å². The topological polar surface area (TPSA) is 69.2 Å². The lowest BCUT2D eigenvalue weighted by Gasteiger charge is -2.07. The van der Waals surface area contributed by atoms with Gasteiger partial charge in [-0.05, 0) is 12.1 Å². The third-order valence-corrected chi connectivity index (χ3v) is 2.47. The van der Waals surface area contributed by atoms with Crippen molar-refractivity contribution in [1.82, 2.24) is 0 Å². The Bertz CT molecular complexity index is 577. The molecular weight excluding hydrogens is 228 g/mol. The summed E-state index contributed by atoms with van der Waals surface area (Å²) in [7, 11) is 0. The van der Waals surface area contributed by atoms with Crippen LogP contribution in [0.5, 0.6) is 0 Å². The van der Waals surface area contributed by atoms with Crippen LogP contribution in [0.3, 0.4) is 0 Å². The van der Waals surface area contributed by atoms with Gasteiger partial charge in [-0.3, -0.25) is 4.79 Å². The normalized spacial score (nSPS) is 11.8. The maximum atomic E-state index is 12.2. The second-order valence-electron chi connectivity index (χ2n) is 3.71. The van der Waals surface area contributed by atoms with Crippen molar-refractivity contribution in [1.29, 1.82) is 0 Å². The van der Waals surface area contributed by atoms with Crippen LogP contribution >= 0.6 is 0 Å². The first-order valence-corrected chi connectivity index (χ1v) is 5.44. The Balaban J connectivity index is 2.58. The van der Waals surface area contributed by atoms with Crippen LogP contribution in [0.2, 0.25) is 0 Å². The van der Waals surface area contributed by atoms with Gasteiger partial charge in [0, 0.05) is 12.1 Å². The van der Waals surface area contributed by atoms with Crippen LogP contribution in [0.4, 0.5) is 5.69 Å². The summed E-state index contributed by atoms with van der Waals surface area (Å²) >= 11 is 0. The van der Waals surface area contributed by atoms with Crippen molar-refractivity contribution >= 4 is 17.3 Å². The second kappa shape index (κ2) is 5.14. The zero-order chi connectivity index (χ0) is 13.0. The third kappa shape index (κ3) is 2.38. The van der Waals surface area contributed by atoms with Crippen LogP contribution in [-0.4, -0.2) is 16.4 Å². The van der Waals surface area contributed by atoms with Gasteiger partial charge in [0.05, 0.1) is 5.56 Å². The molecule has 4 nitrogen and oxygen atoms in total. The molecule has 0 radical (unpaired) electrons. The van der Waals surface area contributed by atoms with Crippen molar-refractivity contribution in [2.75, 3.05) is 0 Å². The van der Waals surface area contributed by atoms with Crippen LogP contribution in [-0.2, 0) is 4.79 Å². The number of para-hydroxylation sites is 1. The van der Waals surface area contributed by atoms with Crippen molar-refractivity contribution in [3.63, 3.8) is 0 Å². The first-order chi connectivity index (χ1) is 8.70. The summed E-state index contributed by atoms with van der Waals surface area (Å²) in [6, 6.07) is 17.1. The zero-order valence-corrected chi connectivity index (χ0v) is 9.61. The molecule has 18 heavy (non-hydrogen) atoms. The first kappa shape index (κ1) is 11.9. The number of primary amides is 1. The summed E-state index contributed by atoms with van der Waals surface area (Å²) in [4.78, 5) is 11.5. The van der Waals surface area contributed by atoms with E-state index in [4.69, 9.17) is 5.73 Å². The summed E-state index contributed by atoms with van der Waals surface area (Å²) in [5.41, 5.74) is 6.10. The van der Waals surface area contributed by atoms with E-state index in [1.165, 1.54) is 0 Å². The summed E-state index contributed by atoms with van der Waals surface area (Å²) in [6.07, 6.45) is 0. The number of nitrogens with two attached hydrogens (primary N) is 1. The summed E-state index contributed by atoms with van der Waals surface area (Å²) < 4.78 is 0.553. The van der Waals surface area contributed by atoms with Crippen LogP contribution in [0.1, 0.15) is 5.56 Å². The van der Waals surface area contributed by atoms with Crippen molar-refractivity contribution in [2.45, 2.75) is 0 Å². The maximum Gasteiger partial charge on any atom is 0.315 e. The predicted octanol–water partition coefficient (Wildman–Crippen LogP) is 1.80. The average Bonchev–Trinajstić information content (AvgIpc) is 2.40. The molecular formula is C14H12N2O2. The molecule has 1 amide bonds. The number of nitrogens with zero attached hydrogens (tertiary/aromatic N) is 1. The fraction of sp³-hybridized carbons (Fsp3) is 0. The molecule has 0 spiro atoms. The van der Waals surface area contributed by atoms with E-state index < -0.39 is 5.91 Å². The number of amides is 1. The molecule has 0 aromatic heterocycles. The highest BCUT2D eigenvalue weighted by Gasteiger charge is 2.20. The monoisotopic (exact) mass is 240 g/mol. The lowest BCUT2D eigenvalue weighted by molar-refractivity contribution is -0.359. The molecule has 0 aliphatic heterocycles. The molecule has 0 aliphatic carbocycles. The molecule has 0 saturated carbocycles. The molecule has 0 atom stereocenters. The molecule has 2 N–H and O–H groups in total. The number of hydrogen-bond donors (Lipinski definition) is 1. The average molecular weight is 240 g/mol. The minimum atomic E-state index is -0.750. The molecule has 0 fully saturated rings. The number of carbonyl (C=O) groups is 1. The van der Waals surface area contributed by atoms with Crippen LogP contribution in [0.25, 0.3) is 0 Å². The number of hydrogen-bond acceptors (Lipinski definition) is 2. The van der Waals surface area contributed by atoms with Crippen molar-refractivity contribution in [3.05, 3.63) is 71.4 Å². The molecule has 4 heteroatoms. The van der Waals surface area contributed by atoms with E-state index in [1.807, 2.05) is 0 Å². The van der Waals surface area contributed by atoms with E-state index in [-0.39, 0.29) is 5.71 Å². The van der Waals surface area contributed by atoms with Gasteiger partial charge in [0.1, 0.15) is 0 Å². The third-order valence-electron chi connectivity index (χ3n) is 2.47. The Morgan fingerprint density at radius 1 is 0.944 bits per heavy atom. The van der Waals surface area contributed by atoms with Crippen molar-refractivity contribution < 1.29 is 9.53 Å². The van der Waals surface area contributed by atoms with Crippen LogP contribution < -0.4 is 5.73 Å². The Labute approximate surface area is 105 Å². The molecule has 0 bridgehead atoms. The molecule has 2 aromatic rings. The van der Waals surface area contributed by atoms with Gasteiger partial charge in [0.15, 0.2) is 0 Å². The van der Waals surface area contributed by atoms with Gasteiger partial charge < -0.3 is 10.9 Å². The van der Waals surface area contributed by atoms with E-state index in [1.54, 1.807) is 60.7 Å². The maximum absolute atomic E-state index is 12.2. The summed E-state index contributed by atoms with van der Waals surface area (Å²) in [6.45, 7) is 0. The van der Waals surface area contributed by atoms with E-state index in [0.29, 0.717) is 16.0 Å². The quantitative estimate of drug-likeness (QED) is 0.384. The van der Waals surface area contributed by atoms with E-state index in [2.05, 4.69) is 0 Å². The van der Waals surface area contributed by atoms with E-state index in [0.717, 1.165) is 0 Å². The summed E-state index contributed by atoms with van der Waals surface area (Å²) in [5.74, 6) is -0.750. The number of rotatable bonds is 3. The zero-order valence-electron chi connectivity index (χ0n) is 9.61. The molecule has 0 heterocycles. The molecule has 0 unspecified atom stereocenters. The smallest absolute Gasteiger partial charge is 0.315 e. The Hall–Kier alpha value is -2.62. The predicted molar refractivity (Wildman–Crippen MR) is 69.5 cm³/mol. The largest absolute Gasteiger partial charge is 0.618 e. The SMILES string of the molecule is NC(=O)C(c1ccccc1)=[N+]([O-])c1ccccc1. The standard InChI is InChI=1S/C14H12N2O2/c15-14(17)13(11-7-3-1-4-8-11)16(18)12-9-5-2-6-10-12/h1-10H,(H2,15,17). The lowest BCUT2D eigenvalue weighted by Crippen LogP contribution is -2.30. The van der Waals surface area contributed by atoms with Crippen LogP contribution in [0.15, 0.2) is 60.7 Å². The molecule has 0 aliphatic rings. The minimum Gasteiger partial charge on any atom is -0.618 e. The first-order valence-electron chi connectivity index (χ1n) is 5.44. The van der Waals surface area contributed by atoms with Gasteiger partial charge in [0.2, 0.25) is 5.69 Å². The minimum absolute atomic E-state index is 0.0678. The number of carbonyl (C=O) groups excluding carboxylic acids is 1. The van der Waals surface area contributed by atoms with Crippen LogP contribution in [0, 0.1) is 5.21 Å². The van der Waals surface area contributed by atoms with Gasteiger partial charge >= 0.3 is 5.91 Å². The van der Waals surface area contributed by atoms with Gasteiger partial charge in [-0.25, -0.2) is 0 Å². The van der Waals surface area contributed by atoms with E-state index >= 15 is 0 Å². The molecule has 2 rings (SSSR count). The second-order valence-corrected chi connectivity index (χ2v) is 3.71. The highest BCUT2D eigenvalue weighted by atomic mass is 16.5. The van der Waals surface area contributed by atoms with Gasteiger partial charge in [-0.2, -0.15) is 4.74 Å². The van der Waals surface area contributed by atoms with Gasteiger partial charge in [-0.15, -0.1) is 0 Å². The highest BCUT2D eigenvalue weighted by Crippen LogP contribution is 2.12. The van der Waals surface area contributed by atoms with Gasteiger partial charge in [-0.1, -0.05) is 36.4 Å². The fourth-order valence-electron chi connectivity index (χ4n) is 1.65. The Morgan fingerprint density at radius 2 is 1.44 bits per heavy atom. The summed E-state index contributed by atoms with van der Waals surface area (Å²) in [5, 5.41) is 12.2. The van der Waals surface area contributed by atoms with Crippen molar-refractivity contribution in [3.8, 4) is 0 Å². The Morgan fingerprint density at radius 3 is 1.94 bits per heavy atom. The fourth-order valence-corrected chi connectivity index (χ4v) is 1.65. The van der Waals surface area contributed by atoms with E-state index in [9.17, 15) is 10.0 Å². The lowest BCUT2D eigenvalue weighted by atomic mass is 10.1. The van der Waals surface area contributed by atoms with Gasteiger partial charge in [0.25, 0.3) is 5.71 Å². The number of benzene rings is 2.